The molecule has 2 atom stereocenters. The second kappa shape index (κ2) is 9.12. The zero-order valence-corrected chi connectivity index (χ0v) is 16.4. The summed E-state index contributed by atoms with van der Waals surface area (Å²) in [4.78, 5) is 38.0. The number of amides is 1. The molecule has 148 valence electrons. The Morgan fingerprint density at radius 3 is 2.41 bits per heavy atom. The summed E-state index contributed by atoms with van der Waals surface area (Å²) in [5.74, 6) is -1.20. The summed E-state index contributed by atoms with van der Waals surface area (Å²) < 4.78 is 28.4. The van der Waals surface area contributed by atoms with Crippen molar-refractivity contribution >= 4 is 27.5 Å². The lowest BCUT2D eigenvalue weighted by Gasteiger charge is -2.29. The van der Waals surface area contributed by atoms with Crippen LogP contribution in [-0.2, 0) is 24.2 Å². The molecule has 1 heterocycles. The van der Waals surface area contributed by atoms with Gasteiger partial charge in [0, 0.05) is 24.6 Å². The Kier molecular flexibility index (Phi) is 7.12. The van der Waals surface area contributed by atoms with Crippen molar-refractivity contribution in [3.05, 3.63) is 35.9 Å². The highest BCUT2D eigenvalue weighted by molar-refractivity contribution is 7.91. The molecule has 1 aliphatic heterocycles. The smallest absolute Gasteiger partial charge is 0.307 e. The molecule has 0 N–H and O–H groups in total. The van der Waals surface area contributed by atoms with Crippen LogP contribution in [0, 0.1) is 0 Å². The summed E-state index contributed by atoms with van der Waals surface area (Å²) >= 11 is 0. The van der Waals surface area contributed by atoms with Crippen LogP contribution in [0.15, 0.2) is 30.3 Å². The summed E-state index contributed by atoms with van der Waals surface area (Å²) in [6.07, 6.45) is -0.737. The third kappa shape index (κ3) is 5.89. The maximum absolute atomic E-state index is 12.6. The summed E-state index contributed by atoms with van der Waals surface area (Å²) in [6, 6.07) is 8.26. The van der Waals surface area contributed by atoms with Gasteiger partial charge >= 0.3 is 5.97 Å². The SMILES string of the molecule is CCN(C(=O)C(C)OC(=O)CCC(=O)c1ccccc1)C1CCS(=O)(=O)C1. The van der Waals surface area contributed by atoms with E-state index in [4.69, 9.17) is 4.74 Å². The standard InChI is InChI=1S/C19H25NO6S/c1-3-20(16-11-12-27(24,25)13-16)19(23)14(2)26-18(22)10-9-17(21)15-7-5-4-6-8-15/h4-8,14,16H,3,9-13H2,1-2H3. The van der Waals surface area contributed by atoms with Crippen LogP contribution in [-0.4, -0.2) is 61.2 Å². The van der Waals surface area contributed by atoms with E-state index >= 15 is 0 Å². The number of likely N-dealkylation sites (N-methyl/N-ethyl adjacent to an activating group) is 1. The molecule has 1 aromatic rings. The number of hydrogen-bond acceptors (Lipinski definition) is 6. The number of ether oxygens (including phenoxy) is 1. The molecule has 0 radical (unpaired) electrons. The molecule has 1 fully saturated rings. The van der Waals surface area contributed by atoms with Crippen molar-refractivity contribution in [2.24, 2.45) is 0 Å². The molecule has 2 rings (SSSR count). The lowest BCUT2D eigenvalue weighted by atomic mass is 10.1. The fraction of sp³-hybridized carbons (Fsp3) is 0.526. The lowest BCUT2D eigenvalue weighted by Crippen LogP contribution is -2.46. The van der Waals surface area contributed by atoms with Gasteiger partial charge in [-0.15, -0.1) is 0 Å². The fourth-order valence-corrected chi connectivity index (χ4v) is 4.87. The lowest BCUT2D eigenvalue weighted by molar-refractivity contribution is -0.159. The highest BCUT2D eigenvalue weighted by Gasteiger charge is 2.36. The van der Waals surface area contributed by atoms with Gasteiger partial charge in [-0.1, -0.05) is 30.3 Å². The number of nitrogens with zero attached hydrogens (tertiary/aromatic N) is 1. The Morgan fingerprint density at radius 2 is 1.85 bits per heavy atom. The van der Waals surface area contributed by atoms with Crippen molar-refractivity contribution in [1.29, 1.82) is 0 Å². The molecule has 1 saturated heterocycles. The van der Waals surface area contributed by atoms with E-state index in [1.54, 1.807) is 37.3 Å². The van der Waals surface area contributed by atoms with E-state index < -0.39 is 27.8 Å². The summed E-state index contributed by atoms with van der Waals surface area (Å²) in [7, 11) is -3.12. The Balaban J connectivity index is 1.85. The van der Waals surface area contributed by atoms with Gasteiger partial charge in [-0.3, -0.25) is 14.4 Å². The number of benzene rings is 1. The van der Waals surface area contributed by atoms with Crippen molar-refractivity contribution in [2.75, 3.05) is 18.1 Å². The third-order valence-corrected chi connectivity index (χ3v) is 6.33. The minimum absolute atomic E-state index is 0.00210. The molecule has 0 bridgehead atoms. The summed E-state index contributed by atoms with van der Waals surface area (Å²) in [5.41, 5.74) is 0.522. The zero-order chi connectivity index (χ0) is 20.0. The average molecular weight is 395 g/mol. The van der Waals surface area contributed by atoms with E-state index in [1.807, 2.05) is 0 Å². The average Bonchev–Trinajstić information content (AvgIpc) is 3.00. The Morgan fingerprint density at radius 1 is 1.19 bits per heavy atom. The zero-order valence-electron chi connectivity index (χ0n) is 15.6. The molecule has 0 aliphatic carbocycles. The van der Waals surface area contributed by atoms with Crippen LogP contribution in [0.5, 0.6) is 0 Å². The first-order valence-corrected chi connectivity index (χ1v) is 10.8. The van der Waals surface area contributed by atoms with Crippen LogP contribution in [0.3, 0.4) is 0 Å². The number of hydrogen-bond donors (Lipinski definition) is 0. The molecule has 1 aliphatic rings. The molecule has 0 saturated carbocycles. The number of carbonyl (C=O) groups excluding carboxylic acids is 3. The van der Waals surface area contributed by atoms with Gasteiger partial charge in [-0.2, -0.15) is 0 Å². The molecule has 8 heteroatoms. The quantitative estimate of drug-likeness (QED) is 0.490. The van der Waals surface area contributed by atoms with Crippen LogP contribution in [0.1, 0.15) is 43.5 Å². The van der Waals surface area contributed by atoms with E-state index in [1.165, 1.54) is 11.8 Å². The molecule has 1 amide bonds. The number of esters is 1. The van der Waals surface area contributed by atoms with E-state index in [0.717, 1.165) is 0 Å². The Bertz CT molecular complexity index is 790. The van der Waals surface area contributed by atoms with Crippen LogP contribution >= 0.6 is 0 Å². The number of ketones is 1. The molecule has 0 aromatic heterocycles. The number of sulfone groups is 1. The van der Waals surface area contributed by atoms with Gasteiger partial charge in [0.05, 0.1) is 17.9 Å². The van der Waals surface area contributed by atoms with Crippen LogP contribution in [0.25, 0.3) is 0 Å². The molecule has 7 nitrogen and oxygen atoms in total. The van der Waals surface area contributed by atoms with E-state index in [-0.39, 0.29) is 36.2 Å². The second-order valence-electron chi connectivity index (χ2n) is 6.60. The van der Waals surface area contributed by atoms with Gasteiger partial charge in [0.1, 0.15) is 0 Å². The first-order valence-electron chi connectivity index (χ1n) is 9.02. The van der Waals surface area contributed by atoms with Gasteiger partial charge in [0.15, 0.2) is 21.7 Å². The highest BCUT2D eigenvalue weighted by Crippen LogP contribution is 2.19. The number of rotatable bonds is 8. The van der Waals surface area contributed by atoms with E-state index in [9.17, 15) is 22.8 Å². The predicted molar refractivity (Wildman–Crippen MR) is 100 cm³/mol. The fourth-order valence-electron chi connectivity index (χ4n) is 3.14. The topological polar surface area (TPSA) is 97.8 Å². The monoisotopic (exact) mass is 395 g/mol. The molecule has 0 spiro atoms. The van der Waals surface area contributed by atoms with Crippen LogP contribution < -0.4 is 0 Å². The molecular weight excluding hydrogens is 370 g/mol. The number of Topliss-reactive ketones (excluding diaryl/α,β-unsaturated/α-hetero) is 1. The first kappa shape index (κ1) is 21.1. The minimum Gasteiger partial charge on any atom is -0.453 e. The van der Waals surface area contributed by atoms with Crippen LogP contribution in [0.2, 0.25) is 0 Å². The maximum atomic E-state index is 12.6. The van der Waals surface area contributed by atoms with Gasteiger partial charge in [-0.05, 0) is 20.3 Å². The highest BCUT2D eigenvalue weighted by atomic mass is 32.2. The summed E-state index contributed by atoms with van der Waals surface area (Å²) in [5, 5.41) is 0. The largest absolute Gasteiger partial charge is 0.453 e. The maximum Gasteiger partial charge on any atom is 0.307 e. The van der Waals surface area contributed by atoms with E-state index in [0.29, 0.717) is 18.5 Å². The number of carbonyl (C=O) groups is 3. The van der Waals surface area contributed by atoms with Gasteiger partial charge in [0.2, 0.25) is 0 Å². The van der Waals surface area contributed by atoms with Crippen molar-refractivity contribution in [3.63, 3.8) is 0 Å². The van der Waals surface area contributed by atoms with E-state index in [2.05, 4.69) is 0 Å². The third-order valence-electron chi connectivity index (χ3n) is 4.58. The molecule has 27 heavy (non-hydrogen) atoms. The molecule has 2 unspecified atom stereocenters. The van der Waals surface area contributed by atoms with Crippen molar-refractivity contribution in [3.8, 4) is 0 Å². The van der Waals surface area contributed by atoms with Crippen molar-refractivity contribution in [1.82, 2.24) is 4.90 Å². The first-order chi connectivity index (χ1) is 12.7. The van der Waals surface area contributed by atoms with Crippen molar-refractivity contribution < 1.29 is 27.5 Å². The predicted octanol–water partition coefficient (Wildman–Crippen LogP) is 1.62. The molecule has 1 aromatic carbocycles. The second-order valence-corrected chi connectivity index (χ2v) is 8.83. The van der Waals surface area contributed by atoms with Crippen LogP contribution in [0.4, 0.5) is 0 Å². The Hall–Kier alpha value is -2.22. The van der Waals surface area contributed by atoms with Gasteiger partial charge < -0.3 is 9.64 Å². The van der Waals surface area contributed by atoms with Crippen molar-refractivity contribution in [2.45, 2.75) is 45.3 Å². The molecular formula is C19H25NO6S. The normalized spacial score (nSPS) is 19.3. The minimum atomic E-state index is -3.12. The Labute approximate surface area is 159 Å². The van der Waals surface area contributed by atoms with Gasteiger partial charge in [0.25, 0.3) is 5.91 Å². The van der Waals surface area contributed by atoms with Gasteiger partial charge in [-0.25, -0.2) is 8.42 Å². The summed E-state index contributed by atoms with van der Waals surface area (Å²) in [6.45, 7) is 3.56.